The van der Waals surface area contributed by atoms with Gasteiger partial charge in [0.05, 0.1) is 0 Å². The van der Waals surface area contributed by atoms with Gasteiger partial charge in [-0.3, -0.25) is 0 Å². The third kappa shape index (κ3) is 4.16. The van der Waals surface area contributed by atoms with Gasteiger partial charge in [0, 0.05) is 24.0 Å². The predicted molar refractivity (Wildman–Crippen MR) is 119 cm³/mol. The van der Waals surface area contributed by atoms with Gasteiger partial charge in [0.15, 0.2) is 0 Å². The molecule has 0 N–H and O–H groups in total. The SMILES string of the molecule is CCc1nnc(CC(C)(C)CCCc2ccc3c(c2)/C(=N\OC)c2ccccc2-3)o1. The largest absolute Gasteiger partial charge is 0.425 e. The first-order valence-electron chi connectivity index (χ1n) is 10.7. The Morgan fingerprint density at radius 3 is 2.43 bits per heavy atom. The van der Waals surface area contributed by atoms with Crippen molar-refractivity contribution in [2.45, 2.75) is 52.9 Å². The summed E-state index contributed by atoms with van der Waals surface area (Å²) in [5.74, 6) is 1.46. The predicted octanol–water partition coefficient (Wildman–Crippen LogP) is 5.60. The zero-order valence-corrected chi connectivity index (χ0v) is 18.2. The lowest BCUT2D eigenvalue weighted by atomic mass is 9.83. The normalized spacial score (nSPS) is 14.1. The Morgan fingerprint density at radius 1 is 0.967 bits per heavy atom. The highest BCUT2D eigenvalue weighted by atomic mass is 16.6. The first kappa shape index (κ1) is 20.3. The smallest absolute Gasteiger partial charge is 0.217 e. The molecule has 1 aliphatic carbocycles. The summed E-state index contributed by atoms with van der Waals surface area (Å²) in [5, 5.41) is 12.6. The van der Waals surface area contributed by atoms with Gasteiger partial charge in [-0.1, -0.05) is 62.3 Å². The van der Waals surface area contributed by atoms with Gasteiger partial charge in [-0.2, -0.15) is 0 Å². The van der Waals surface area contributed by atoms with Crippen molar-refractivity contribution in [2.75, 3.05) is 7.11 Å². The Kier molecular flexibility index (Phi) is 5.71. The molecule has 0 saturated heterocycles. The van der Waals surface area contributed by atoms with Crippen LogP contribution in [0.5, 0.6) is 0 Å². The average molecular weight is 404 g/mol. The van der Waals surface area contributed by atoms with E-state index in [-0.39, 0.29) is 5.41 Å². The molecule has 0 bridgehead atoms. The summed E-state index contributed by atoms with van der Waals surface area (Å²) in [6, 6.07) is 15.1. The van der Waals surface area contributed by atoms with Crippen LogP contribution in [0.3, 0.4) is 0 Å². The fourth-order valence-corrected chi connectivity index (χ4v) is 4.21. The molecular weight excluding hydrogens is 374 g/mol. The number of fused-ring (bicyclic) bond motifs is 3. The van der Waals surface area contributed by atoms with E-state index in [1.165, 1.54) is 16.7 Å². The lowest BCUT2D eigenvalue weighted by Crippen LogP contribution is -2.15. The summed E-state index contributed by atoms with van der Waals surface area (Å²) in [6.45, 7) is 6.57. The third-order valence-electron chi connectivity index (χ3n) is 5.75. The van der Waals surface area contributed by atoms with E-state index in [4.69, 9.17) is 9.25 Å². The molecule has 5 nitrogen and oxygen atoms in total. The van der Waals surface area contributed by atoms with Gasteiger partial charge in [0.2, 0.25) is 11.8 Å². The number of oxime groups is 1. The molecule has 0 atom stereocenters. The van der Waals surface area contributed by atoms with Crippen molar-refractivity contribution >= 4 is 5.71 Å². The summed E-state index contributed by atoms with van der Waals surface area (Å²) >= 11 is 0. The topological polar surface area (TPSA) is 60.5 Å². The molecule has 0 amide bonds. The number of aromatic nitrogens is 2. The van der Waals surface area contributed by atoms with Crippen LogP contribution in [0.1, 0.15) is 62.1 Å². The van der Waals surface area contributed by atoms with Gasteiger partial charge < -0.3 is 9.25 Å². The van der Waals surface area contributed by atoms with Crippen molar-refractivity contribution in [1.82, 2.24) is 10.2 Å². The van der Waals surface area contributed by atoms with E-state index >= 15 is 0 Å². The second kappa shape index (κ2) is 8.42. The molecule has 0 radical (unpaired) electrons. The van der Waals surface area contributed by atoms with E-state index in [0.717, 1.165) is 54.8 Å². The Labute approximate surface area is 178 Å². The van der Waals surface area contributed by atoms with Crippen LogP contribution in [-0.2, 0) is 24.1 Å². The Hall–Kier alpha value is -2.95. The Balaban J connectivity index is 1.43. The molecule has 0 unspecified atom stereocenters. The van der Waals surface area contributed by atoms with E-state index in [1.807, 2.05) is 13.0 Å². The van der Waals surface area contributed by atoms with Crippen LogP contribution in [-0.4, -0.2) is 23.0 Å². The number of benzene rings is 2. The average Bonchev–Trinajstić information content (AvgIpc) is 3.30. The van der Waals surface area contributed by atoms with E-state index in [0.29, 0.717) is 5.89 Å². The molecule has 0 aliphatic heterocycles. The minimum atomic E-state index is 0.118. The van der Waals surface area contributed by atoms with Crippen LogP contribution >= 0.6 is 0 Å². The minimum absolute atomic E-state index is 0.118. The maximum Gasteiger partial charge on any atom is 0.217 e. The first-order chi connectivity index (χ1) is 14.5. The molecule has 1 aromatic heterocycles. The third-order valence-corrected chi connectivity index (χ3v) is 5.75. The van der Waals surface area contributed by atoms with Crippen LogP contribution in [0.25, 0.3) is 11.1 Å². The fraction of sp³-hybridized carbons (Fsp3) is 0.400. The summed E-state index contributed by atoms with van der Waals surface area (Å²) in [5.41, 5.74) is 7.12. The van der Waals surface area contributed by atoms with Gasteiger partial charge in [-0.05, 0) is 47.4 Å². The van der Waals surface area contributed by atoms with Crippen LogP contribution in [0.2, 0.25) is 0 Å². The van der Waals surface area contributed by atoms with Crippen molar-refractivity contribution in [1.29, 1.82) is 0 Å². The maximum absolute atomic E-state index is 5.70. The molecule has 4 rings (SSSR count). The molecule has 0 saturated carbocycles. The summed E-state index contributed by atoms with van der Waals surface area (Å²) in [6.07, 6.45) is 4.81. The summed E-state index contributed by atoms with van der Waals surface area (Å²) in [7, 11) is 1.60. The lowest BCUT2D eigenvalue weighted by Gasteiger charge is -2.22. The molecular formula is C25H29N3O2. The molecule has 3 aromatic rings. The van der Waals surface area contributed by atoms with Gasteiger partial charge in [-0.25, -0.2) is 0 Å². The fourth-order valence-electron chi connectivity index (χ4n) is 4.21. The molecule has 2 aromatic carbocycles. The van der Waals surface area contributed by atoms with Crippen LogP contribution < -0.4 is 0 Å². The van der Waals surface area contributed by atoms with Gasteiger partial charge in [0.1, 0.15) is 12.8 Å². The van der Waals surface area contributed by atoms with Crippen LogP contribution in [0.15, 0.2) is 52.0 Å². The zero-order valence-electron chi connectivity index (χ0n) is 18.2. The minimum Gasteiger partial charge on any atom is -0.425 e. The van der Waals surface area contributed by atoms with E-state index < -0.39 is 0 Å². The number of nitrogens with zero attached hydrogens (tertiary/aromatic N) is 3. The van der Waals surface area contributed by atoms with E-state index in [2.05, 4.69) is 65.6 Å². The molecule has 1 heterocycles. The first-order valence-corrected chi connectivity index (χ1v) is 10.7. The second-order valence-electron chi connectivity index (χ2n) is 8.69. The maximum atomic E-state index is 5.70. The van der Waals surface area contributed by atoms with Gasteiger partial charge in [0.25, 0.3) is 0 Å². The van der Waals surface area contributed by atoms with E-state index in [1.54, 1.807) is 7.11 Å². The zero-order chi connectivity index (χ0) is 21.1. The number of aryl methyl sites for hydroxylation is 2. The van der Waals surface area contributed by atoms with Gasteiger partial charge >= 0.3 is 0 Å². The molecule has 5 heteroatoms. The van der Waals surface area contributed by atoms with Crippen LogP contribution in [0.4, 0.5) is 0 Å². The van der Waals surface area contributed by atoms with E-state index in [9.17, 15) is 0 Å². The Bertz CT molecular complexity index is 1070. The van der Waals surface area contributed by atoms with Crippen molar-refractivity contribution < 1.29 is 9.25 Å². The quantitative estimate of drug-likeness (QED) is 0.359. The summed E-state index contributed by atoms with van der Waals surface area (Å²) < 4.78 is 5.70. The molecule has 0 spiro atoms. The van der Waals surface area contributed by atoms with Crippen molar-refractivity contribution in [2.24, 2.45) is 10.6 Å². The summed E-state index contributed by atoms with van der Waals surface area (Å²) in [4.78, 5) is 5.14. The standard InChI is InChI=1S/C25H29N3O2/c1-5-22-26-27-23(30-22)16-25(2,3)14-8-9-17-12-13-19-18-10-6-7-11-20(18)24(28-29-4)21(19)15-17/h6-7,10-13,15H,5,8-9,14,16H2,1-4H3/b28-24-. The number of hydrogen-bond acceptors (Lipinski definition) is 5. The van der Waals surface area contributed by atoms with Crippen molar-refractivity contribution in [3.63, 3.8) is 0 Å². The lowest BCUT2D eigenvalue weighted by molar-refractivity contribution is 0.214. The second-order valence-corrected chi connectivity index (χ2v) is 8.69. The molecule has 1 aliphatic rings. The molecule has 30 heavy (non-hydrogen) atoms. The highest BCUT2D eigenvalue weighted by Gasteiger charge is 2.26. The van der Waals surface area contributed by atoms with Crippen molar-refractivity contribution in [3.05, 3.63) is 70.9 Å². The molecule has 156 valence electrons. The van der Waals surface area contributed by atoms with Crippen LogP contribution in [0, 0.1) is 5.41 Å². The highest BCUT2D eigenvalue weighted by Crippen LogP contribution is 2.38. The molecule has 0 fully saturated rings. The highest BCUT2D eigenvalue weighted by molar-refractivity contribution is 6.24. The number of hydrogen-bond donors (Lipinski definition) is 0. The Morgan fingerprint density at radius 2 is 1.70 bits per heavy atom. The van der Waals surface area contributed by atoms with Crippen molar-refractivity contribution in [3.8, 4) is 11.1 Å². The van der Waals surface area contributed by atoms with Gasteiger partial charge in [-0.15, -0.1) is 10.2 Å². The number of rotatable bonds is 8. The monoisotopic (exact) mass is 403 g/mol.